The van der Waals surface area contributed by atoms with Gasteiger partial charge in [-0.2, -0.15) is 0 Å². The summed E-state index contributed by atoms with van der Waals surface area (Å²) in [4.78, 5) is 28.3. The summed E-state index contributed by atoms with van der Waals surface area (Å²) in [6.45, 7) is 3.84. The number of carbonyl (C=O) groups excluding carboxylic acids is 2. The number of guanidine groups is 1. The van der Waals surface area contributed by atoms with Crippen LogP contribution in [0.4, 0.5) is 5.69 Å². The van der Waals surface area contributed by atoms with Crippen LogP contribution < -0.4 is 27.8 Å². The largest absolute Gasteiger partial charge is 0.370 e. The van der Waals surface area contributed by atoms with Gasteiger partial charge in [-0.3, -0.25) is 9.59 Å². The lowest BCUT2D eigenvalue weighted by atomic mass is 9.97. The number of benzene rings is 1. The predicted octanol–water partition coefficient (Wildman–Crippen LogP) is -0.132. The first kappa shape index (κ1) is 19.4. The van der Waals surface area contributed by atoms with Crippen LogP contribution in [0.5, 0.6) is 0 Å². The van der Waals surface area contributed by atoms with Crippen molar-refractivity contribution in [3.63, 3.8) is 0 Å². The lowest BCUT2D eigenvalue weighted by molar-refractivity contribution is -0.130. The van der Waals surface area contributed by atoms with Crippen molar-refractivity contribution in [2.24, 2.45) is 28.1 Å². The Kier molecular flexibility index (Phi) is 7.19. The van der Waals surface area contributed by atoms with Gasteiger partial charge in [0.2, 0.25) is 11.8 Å². The van der Waals surface area contributed by atoms with Crippen molar-refractivity contribution in [3.05, 3.63) is 29.8 Å². The van der Waals surface area contributed by atoms with Crippen molar-refractivity contribution in [2.45, 2.75) is 32.4 Å². The zero-order valence-corrected chi connectivity index (χ0v) is 14.2. The molecule has 0 aliphatic carbocycles. The minimum absolute atomic E-state index is 0.0194. The summed E-state index contributed by atoms with van der Waals surface area (Å²) in [5.41, 5.74) is 17.8. The number of hydrogen-bond acceptors (Lipinski definition) is 4. The second-order valence-electron chi connectivity index (χ2n) is 5.60. The maximum atomic E-state index is 12.4. The molecular weight excluding hydrogens is 308 g/mol. The molecule has 0 heterocycles. The standard InChI is InChI=1S/C16H26N6O2/c1-4-9(2)13(15(24)20-3)22-14(23)12(17)10-6-5-7-11(8-10)21-16(18)19/h5-9,12-13H,4,17H2,1-3H3,(H,20,24)(H,22,23)(H4,18,19,21)/t9-,12?,13-/m0/s1. The molecule has 8 N–H and O–H groups in total. The first-order valence-corrected chi connectivity index (χ1v) is 7.77. The van der Waals surface area contributed by atoms with Crippen molar-refractivity contribution in [3.8, 4) is 0 Å². The van der Waals surface area contributed by atoms with Gasteiger partial charge < -0.3 is 27.8 Å². The van der Waals surface area contributed by atoms with Gasteiger partial charge in [0.25, 0.3) is 0 Å². The quantitative estimate of drug-likeness (QED) is 0.348. The van der Waals surface area contributed by atoms with Gasteiger partial charge in [0.1, 0.15) is 12.1 Å². The summed E-state index contributed by atoms with van der Waals surface area (Å²) in [6.07, 6.45) is 0.744. The summed E-state index contributed by atoms with van der Waals surface area (Å²) < 4.78 is 0. The number of nitrogens with zero attached hydrogens (tertiary/aromatic N) is 1. The average molecular weight is 334 g/mol. The molecular formula is C16H26N6O2. The maximum Gasteiger partial charge on any atom is 0.242 e. The fourth-order valence-electron chi connectivity index (χ4n) is 2.19. The Morgan fingerprint density at radius 2 is 1.92 bits per heavy atom. The lowest BCUT2D eigenvalue weighted by Crippen LogP contribution is -2.51. The highest BCUT2D eigenvalue weighted by molar-refractivity contribution is 5.90. The number of hydrogen-bond donors (Lipinski definition) is 5. The zero-order chi connectivity index (χ0) is 18.3. The Hall–Kier alpha value is -2.61. The van der Waals surface area contributed by atoms with E-state index in [4.69, 9.17) is 17.2 Å². The van der Waals surface area contributed by atoms with Crippen molar-refractivity contribution in [2.75, 3.05) is 7.05 Å². The van der Waals surface area contributed by atoms with Crippen LogP contribution in [0.2, 0.25) is 0 Å². The fourth-order valence-corrected chi connectivity index (χ4v) is 2.19. The summed E-state index contributed by atoms with van der Waals surface area (Å²) in [5, 5.41) is 5.27. The summed E-state index contributed by atoms with van der Waals surface area (Å²) in [5.74, 6) is -0.791. The van der Waals surface area contributed by atoms with Crippen molar-refractivity contribution >= 4 is 23.5 Å². The smallest absolute Gasteiger partial charge is 0.242 e. The van der Waals surface area contributed by atoms with E-state index in [1.54, 1.807) is 24.3 Å². The third-order valence-electron chi connectivity index (χ3n) is 3.81. The summed E-state index contributed by atoms with van der Waals surface area (Å²) in [6, 6.07) is 5.15. The lowest BCUT2D eigenvalue weighted by Gasteiger charge is -2.24. The van der Waals surface area contributed by atoms with Crippen LogP contribution >= 0.6 is 0 Å². The Morgan fingerprint density at radius 3 is 2.46 bits per heavy atom. The first-order valence-electron chi connectivity index (χ1n) is 7.77. The van der Waals surface area contributed by atoms with E-state index in [1.165, 1.54) is 7.05 Å². The Morgan fingerprint density at radius 1 is 1.25 bits per heavy atom. The number of aliphatic imine (C=N–C) groups is 1. The van der Waals surface area contributed by atoms with E-state index in [1.807, 2.05) is 13.8 Å². The molecule has 1 unspecified atom stereocenters. The summed E-state index contributed by atoms with van der Waals surface area (Å²) >= 11 is 0. The monoisotopic (exact) mass is 334 g/mol. The average Bonchev–Trinajstić information content (AvgIpc) is 2.57. The molecule has 0 spiro atoms. The molecule has 0 bridgehead atoms. The Labute approximate surface area is 141 Å². The third-order valence-corrected chi connectivity index (χ3v) is 3.81. The Bertz CT molecular complexity index is 612. The van der Waals surface area contributed by atoms with E-state index in [-0.39, 0.29) is 17.8 Å². The van der Waals surface area contributed by atoms with Crippen LogP contribution in [-0.4, -0.2) is 30.9 Å². The highest BCUT2D eigenvalue weighted by Crippen LogP contribution is 2.19. The SMILES string of the molecule is CC[C@H](C)[C@H](NC(=O)C(N)c1cccc(N=C(N)N)c1)C(=O)NC. The van der Waals surface area contributed by atoms with E-state index in [9.17, 15) is 9.59 Å². The topological polar surface area (TPSA) is 149 Å². The Balaban J connectivity index is 2.93. The molecule has 0 aliphatic heterocycles. The molecule has 0 aromatic heterocycles. The number of rotatable bonds is 7. The molecule has 0 aliphatic rings. The second kappa shape index (κ2) is 8.88. The minimum Gasteiger partial charge on any atom is -0.370 e. The number of nitrogens with two attached hydrogens (primary N) is 3. The molecule has 0 saturated carbocycles. The highest BCUT2D eigenvalue weighted by atomic mass is 16.2. The van der Waals surface area contributed by atoms with Gasteiger partial charge in [-0.25, -0.2) is 4.99 Å². The molecule has 24 heavy (non-hydrogen) atoms. The number of amides is 2. The fraction of sp³-hybridized carbons (Fsp3) is 0.438. The van der Waals surface area contributed by atoms with Crippen LogP contribution in [0.15, 0.2) is 29.3 Å². The van der Waals surface area contributed by atoms with Gasteiger partial charge in [-0.15, -0.1) is 0 Å². The van der Waals surface area contributed by atoms with Crippen LogP contribution in [0.25, 0.3) is 0 Å². The van der Waals surface area contributed by atoms with Gasteiger partial charge in [0.15, 0.2) is 5.96 Å². The zero-order valence-electron chi connectivity index (χ0n) is 14.2. The van der Waals surface area contributed by atoms with Crippen molar-refractivity contribution < 1.29 is 9.59 Å². The molecule has 1 rings (SSSR count). The van der Waals surface area contributed by atoms with Crippen molar-refractivity contribution in [1.82, 2.24) is 10.6 Å². The van der Waals surface area contributed by atoms with E-state index in [2.05, 4.69) is 15.6 Å². The molecule has 0 fully saturated rings. The van der Waals surface area contributed by atoms with Gasteiger partial charge in [0, 0.05) is 7.05 Å². The molecule has 1 aromatic carbocycles. The van der Waals surface area contributed by atoms with Crippen LogP contribution in [-0.2, 0) is 9.59 Å². The second-order valence-corrected chi connectivity index (χ2v) is 5.60. The van der Waals surface area contributed by atoms with Gasteiger partial charge in [-0.1, -0.05) is 32.4 Å². The molecule has 0 saturated heterocycles. The number of likely N-dealkylation sites (N-methyl/N-ethyl adjacent to an activating group) is 1. The van der Waals surface area contributed by atoms with Crippen LogP contribution in [0.1, 0.15) is 31.9 Å². The van der Waals surface area contributed by atoms with Crippen LogP contribution in [0.3, 0.4) is 0 Å². The third kappa shape index (κ3) is 5.24. The van der Waals surface area contributed by atoms with E-state index >= 15 is 0 Å². The van der Waals surface area contributed by atoms with Gasteiger partial charge in [0.05, 0.1) is 5.69 Å². The first-order chi connectivity index (χ1) is 11.3. The van der Waals surface area contributed by atoms with E-state index in [0.29, 0.717) is 11.3 Å². The van der Waals surface area contributed by atoms with Gasteiger partial charge >= 0.3 is 0 Å². The summed E-state index contributed by atoms with van der Waals surface area (Å²) in [7, 11) is 1.53. The molecule has 3 atom stereocenters. The number of nitrogens with one attached hydrogen (secondary N) is 2. The predicted molar refractivity (Wildman–Crippen MR) is 94.3 cm³/mol. The molecule has 8 heteroatoms. The van der Waals surface area contributed by atoms with Crippen LogP contribution in [0, 0.1) is 5.92 Å². The van der Waals surface area contributed by atoms with Gasteiger partial charge in [-0.05, 0) is 23.6 Å². The van der Waals surface area contributed by atoms with E-state index < -0.39 is 18.0 Å². The van der Waals surface area contributed by atoms with E-state index in [0.717, 1.165) is 6.42 Å². The molecule has 2 amide bonds. The molecule has 132 valence electrons. The minimum atomic E-state index is -0.935. The highest BCUT2D eigenvalue weighted by Gasteiger charge is 2.27. The number of carbonyl (C=O) groups is 2. The molecule has 1 aromatic rings. The maximum absolute atomic E-state index is 12.4. The normalized spacial score (nSPS) is 14.2. The van der Waals surface area contributed by atoms with Crippen molar-refractivity contribution in [1.29, 1.82) is 0 Å². The molecule has 0 radical (unpaired) electrons. The molecule has 8 nitrogen and oxygen atoms in total.